The van der Waals surface area contributed by atoms with Crippen LogP contribution in [0, 0.1) is 0 Å². The van der Waals surface area contributed by atoms with Crippen molar-refractivity contribution >= 4 is 21.7 Å². The maximum Gasteiger partial charge on any atom is 0.232 e. The van der Waals surface area contributed by atoms with Crippen molar-refractivity contribution in [1.82, 2.24) is 9.97 Å². The van der Waals surface area contributed by atoms with Crippen LogP contribution in [0.5, 0.6) is 5.88 Å². The second kappa shape index (κ2) is 4.94. The molecule has 82 valence electrons. The first kappa shape index (κ1) is 10.9. The lowest BCUT2D eigenvalue weighted by Crippen LogP contribution is -1.99. The number of nitrogens with two attached hydrogens (primary N) is 1. The summed E-state index contributed by atoms with van der Waals surface area (Å²) in [6, 6.07) is 7.89. The maximum absolute atomic E-state index is 5.44. The zero-order valence-electron chi connectivity index (χ0n) is 8.43. The molecule has 0 spiro atoms. The number of aromatic nitrogens is 2. The minimum atomic E-state index is 0.385. The van der Waals surface area contributed by atoms with Crippen LogP contribution >= 0.6 is 15.9 Å². The van der Waals surface area contributed by atoms with Gasteiger partial charge in [0, 0.05) is 4.47 Å². The van der Waals surface area contributed by atoms with Gasteiger partial charge >= 0.3 is 0 Å². The molecule has 0 atom stereocenters. The van der Waals surface area contributed by atoms with Gasteiger partial charge in [-0.25, -0.2) is 9.97 Å². The fraction of sp³-hybridized carbons (Fsp3) is 0.0909. The Bertz CT molecular complexity index is 410. The summed E-state index contributed by atoms with van der Waals surface area (Å²) >= 11 is 3.37. The second-order valence-corrected chi connectivity index (χ2v) is 4.11. The lowest BCUT2D eigenvalue weighted by Gasteiger charge is -2.04. The third kappa shape index (κ3) is 2.93. The first-order valence-corrected chi connectivity index (χ1v) is 5.48. The quantitative estimate of drug-likeness (QED) is 0.937. The van der Waals surface area contributed by atoms with E-state index in [1.807, 2.05) is 24.3 Å². The molecule has 5 heteroatoms. The van der Waals surface area contributed by atoms with E-state index in [4.69, 9.17) is 10.5 Å². The molecule has 4 nitrogen and oxygen atoms in total. The van der Waals surface area contributed by atoms with E-state index in [-0.39, 0.29) is 0 Å². The molecule has 0 aliphatic carbocycles. The van der Waals surface area contributed by atoms with Gasteiger partial charge in [-0.15, -0.1) is 0 Å². The second-order valence-electron chi connectivity index (χ2n) is 3.19. The number of benzene rings is 1. The van der Waals surface area contributed by atoms with E-state index < -0.39 is 0 Å². The van der Waals surface area contributed by atoms with Crippen LogP contribution in [0.3, 0.4) is 0 Å². The molecule has 2 N–H and O–H groups in total. The van der Waals surface area contributed by atoms with E-state index >= 15 is 0 Å². The van der Waals surface area contributed by atoms with E-state index in [0.717, 1.165) is 10.0 Å². The monoisotopic (exact) mass is 279 g/mol. The third-order valence-corrected chi connectivity index (χ3v) is 2.48. The summed E-state index contributed by atoms with van der Waals surface area (Å²) in [6.07, 6.45) is 2.98. The van der Waals surface area contributed by atoms with Crippen LogP contribution in [0.15, 0.2) is 41.1 Å². The minimum Gasteiger partial charge on any atom is -0.472 e. The number of hydrogen-bond donors (Lipinski definition) is 1. The van der Waals surface area contributed by atoms with Gasteiger partial charge in [-0.2, -0.15) is 0 Å². The third-order valence-electron chi connectivity index (χ3n) is 1.95. The van der Waals surface area contributed by atoms with E-state index in [1.54, 1.807) is 0 Å². The van der Waals surface area contributed by atoms with E-state index in [9.17, 15) is 0 Å². The summed E-state index contributed by atoms with van der Waals surface area (Å²) in [5.74, 6) is 0.855. The normalized spacial score (nSPS) is 10.1. The molecule has 2 aromatic rings. The van der Waals surface area contributed by atoms with Crippen LogP contribution < -0.4 is 10.5 Å². The average Bonchev–Trinajstić information content (AvgIpc) is 2.30. The predicted molar refractivity (Wildman–Crippen MR) is 64.9 cm³/mol. The Kier molecular flexibility index (Phi) is 3.36. The molecule has 0 aliphatic heterocycles. The molecule has 0 radical (unpaired) electrons. The highest BCUT2D eigenvalue weighted by atomic mass is 79.9. The number of nitrogen functional groups attached to an aromatic ring is 1. The standard InChI is InChI=1S/C11H10BrN3O/c12-9-3-1-8(2-4-9)7-16-11-6-14-10(13)5-15-11/h1-6H,7H2,(H2,13,14). The highest BCUT2D eigenvalue weighted by Crippen LogP contribution is 2.12. The number of anilines is 1. The van der Waals surface area contributed by atoms with Crippen LogP contribution in [0.4, 0.5) is 5.82 Å². The number of hydrogen-bond acceptors (Lipinski definition) is 4. The van der Waals surface area contributed by atoms with E-state index in [1.165, 1.54) is 12.4 Å². The molecular weight excluding hydrogens is 270 g/mol. The predicted octanol–water partition coefficient (Wildman–Crippen LogP) is 2.40. The summed E-state index contributed by atoms with van der Waals surface area (Å²) in [6.45, 7) is 0.464. The van der Waals surface area contributed by atoms with Crippen molar-refractivity contribution in [1.29, 1.82) is 0 Å². The van der Waals surface area contributed by atoms with Crippen LogP contribution in [0.25, 0.3) is 0 Å². The molecule has 1 heterocycles. The SMILES string of the molecule is Nc1cnc(OCc2ccc(Br)cc2)cn1. The van der Waals surface area contributed by atoms with Crippen molar-refractivity contribution in [2.24, 2.45) is 0 Å². The van der Waals surface area contributed by atoms with E-state index in [0.29, 0.717) is 18.3 Å². The Balaban J connectivity index is 1.97. The minimum absolute atomic E-state index is 0.385. The summed E-state index contributed by atoms with van der Waals surface area (Å²) in [5, 5.41) is 0. The highest BCUT2D eigenvalue weighted by Gasteiger charge is 1.97. The Morgan fingerprint density at radius 3 is 2.50 bits per heavy atom. The van der Waals surface area contributed by atoms with Crippen molar-refractivity contribution in [2.45, 2.75) is 6.61 Å². The molecule has 1 aromatic heterocycles. The van der Waals surface area contributed by atoms with Crippen molar-refractivity contribution in [3.63, 3.8) is 0 Å². The molecule has 0 aliphatic rings. The molecule has 0 fully saturated rings. The number of ether oxygens (including phenoxy) is 1. The lowest BCUT2D eigenvalue weighted by molar-refractivity contribution is 0.292. The number of nitrogens with zero attached hydrogens (tertiary/aromatic N) is 2. The molecule has 0 saturated carbocycles. The summed E-state index contributed by atoms with van der Waals surface area (Å²) in [7, 11) is 0. The van der Waals surface area contributed by atoms with Crippen LogP contribution in [-0.2, 0) is 6.61 Å². The number of rotatable bonds is 3. The Morgan fingerprint density at radius 1 is 1.12 bits per heavy atom. The lowest BCUT2D eigenvalue weighted by atomic mass is 10.2. The first-order valence-electron chi connectivity index (χ1n) is 4.69. The van der Waals surface area contributed by atoms with Gasteiger partial charge in [0.25, 0.3) is 0 Å². The molecular formula is C11H10BrN3O. The first-order chi connectivity index (χ1) is 7.74. The zero-order chi connectivity index (χ0) is 11.4. The summed E-state index contributed by atoms with van der Waals surface area (Å²) < 4.78 is 6.49. The summed E-state index contributed by atoms with van der Waals surface area (Å²) in [5.41, 5.74) is 6.49. The zero-order valence-corrected chi connectivity index (χ0v) is 10.0. The van der Waals surface area contributed by atoms with Crippen molar-refractivity contribution in [3.05, 3.63) is 46.7 Å². The van der Waals surface area contributed by atoms with Gasteiger partial charge < -0.3 is 10.5 Å². The van der Waals surface area contributed by atoms with Crippen LogP contribution in [-0.4, -0.2) is 9.97 Å². The smallest absolute Gasteiger partial charge is 0.232 e. The largest absolute Gasteiger partial charge is 0.472 e. The highest BCUT2D eigenvalue weighted by molar-refractivity contribution is 9.10. The van der Waals surface area contributed by atoms with Gasteiger partial charge in [0.1, 0.15) is 12.4 Å². The van der Waals surface area contributed by atoms with Crippen molar-refractivity contribution in [2.75, 3.05) is 5.73 Å². The maximum atomic E-state index is 5.44. The van der Waals surface area contributed by atoms with Gasteiger partial charge in [-0.1, -0.05) is 28.1 Å². The van der Waals surface area contributed by atoms with Crippen molar-refractivity contribution < 1.29 is 4.74 Å². The Hall–Kier alpha value is -1.62. The van der Waals surface area contributed by atoms with Gasteiger partial charge in [0.05, 0.1) is 12.4 Å². The molecule has 2 rings (SSSR count). The molecule has 0 amide bonds. The van der Waals surface area contributed by atoms with Gasteiger partial charge in [-0.3, -0.25) is 0 Å². The van der Waals surface area contributed by atoms with Crippen LogP contribution in [0.2, 0.25) is 0 Å². The molecule has 16 heavy (non-hydrogen) atoms. The molecule has 0 saturated heterocycles. The fourth-order valence-corrected chi connectivity index (χ4v) is 1.40. The molecule has 0 unspecified atom stereocenters. The average molecular weight is 280 g/mol. The van der Waals surface area contributed by atoms with Crippen LogP contribution in [0.1, 0.15) is 5.56 Å². The molecule has 1 aromatic carbocycles. The van der Waals surface area contributed by atoms with E-state index in [2.05, 4.69) is 25.9 Å². The Morgan fingerprint density at radius 2 is 1.88 bits per heavy atom. The topological polar surface area (TPSA) is 61.0 Å². The van der Waals surface area contributed by atoms with Gasteiger partial charge in [0.15, 0.2) is 0 Å². The number of halogens is 1. The Labute approximate surface area is 102 Å². The van der Waals surface area contributed by atoms with Gasteiger partial charge in [0.2, 0.25) is 5.88 Å². The van der Waals surface area contributed by atoms with Gasteiger partial charge in [-0.05, 0) is 17.7 Å². The molecule has 0 bridgehead atoms. The summed E-state index contributed by atoms with van der Waals surface area (Å²) in [4.78, 5) is 7.88. The van der Waals surface area contributed by atoms with Crippen molar-refractivity contribution in [3.8, 4) is 5.88 Å². The fourth-order valence-electron chi connectivity index (χ4n) is 1.14.